The number of ether oxygens (including phenoxy) is 1. The molecule has 0 unspecified atom stereocenters. The summed E-state index contributed by atoms with van der Waals surface area (Å²) in [6.07, 6.45) is -4.90. The number of halogens is 4. The van der Waals surface area contributed by atoms with Gasteiger partial charge in [-0.2, -0.15) is 0 Å². The summed E-state index contributed by atoms with van der Waals surface area (Å²) in [5.41, 5.74) is 0.191. The van der Waals surface area contributed by atoms with E-state index in [1.807, 2.05) is 0 Å². The van der Waals surface area contributed by atoms with Crippen molar-refractivity contribution >= 4 is 31.4 Å². The molecule has 32 heavy (non-hydrogen) atoms. The third-order valence-corrected chi connectivity index (χ3v) is 6.68. The maximum atomic E-state index is 13.0. The minimum atomic E-state index is -4.90. The summed E-state index contributed by atoms with van der Waals surface area (Å²) >= 11 is 0. The third kappa shape index (κ3) is 6.11. The van der Waals surface area contributed by atoms with E-state index in [1.54, 1.807) is 0 Å². The van der Waals surface area contributed by atoms with Crippen LogP contribution in [0.3, 0.4) is 0 Å². The van der Waals surface area contributed by atoms with Crippen molar-refractivity contribution in [3.05, 3.63) is 78.6 Å². The first-order valence-corrected chi connectivity index (χ1v) is 11.6. The summed E-state index contributed by atoms with van der Waals surface area (Å²) in [6, 6.07) is 12.9. The van der Waals surface area contributed by atoms with Crippen molar-refractivity contribution in [3.8, 4) is 5.75 Å². The smallest absolute Gasteiger partial charge is 0.406 e. The first-order valence-electron chi connectivity index (χ1n) is 8.61. The van der Waals surface area contributed by atoms with Gasteiger partial charge in [-0.1, -0.05) is 0 Å². The standard InChI is InChI=1S/C19H14F4N2O5S2/c20-13-1-9-17(10-2-13)31(26,27)24-14-3-5-15(6-4-14)25-32(28,29)18-11-7-16(8-12-18)30-19(21,22)23/h1-12,24-25H. The Labute approximate surface area is 180 Å². The Hall–Kier alpha value is -3.32. The number of rotatable bonds is 7. The minimum absolute atomic E-state index is 0.0744. The van der Waals surface area contributed by atoms with Crippen LogP contribution in [0.15, 0.2) is 82.6 Å². The third-order valence-electron chi connectivity index (χ3n) is 3.88. The molecule has 3 aromatic rings. The molecule has 0 atom stereocenters. The van der Waals surface area contributed by atoms with Crippen molar-refractivity contribution in [2.45, 2.75) is 16.2 Å². The topological polar surface area (TPSA) is 102 Å². The Bertz CT molecular complexity index is 1290. The fourth-order valence-electron chi connectivity index (χ4n) is 2.47. The van der Waals surface area contributed by atoms with Crippen molar-refractivity contribution in [1.29, 1.82) is 0 Å². The molecule has 0 heterocycles. The summed E-state index contributed by atoms with van der Waals surface area (Å²) in [6.45, 7) is 0. The molecular formula is C19H14F4N2O5S2. The quantitative estimate of drug-likeness (QED) is 0.480. The van der Waals surface area contributed by atoms with E-state index in [4.69, 9.17) is 0 Å². The summed E-state index contributed by atoms with van der Waals surface area (Å²) < 4.78 is 107. The van der Waals surface area contributed by atoms with E-state index >= 15 is 0 Å². The number of sulfonamides is 2. The molecule has 0 radical (unpaired) electrons. The lowest BCUT2D eigenvalue weighted by Crippen LogP contribution is -2.17. The van der Waals surface area contributed by atoms with Gasteiger partial charge in [0.05, 0.1) is 9.79 Å². The first kappa shape index (κ1) is 23.3. The molecule has 170 valence electrons. The predicted octanol–water partition coefficient (Wildman–Crippen LogP) is 4.33. The Morgan fingerprint density at radius 2 is 1.00 bits per heavy atom. The van der Waals surface area contributed by atoms with Gasteiger partial charge < -0.3 is 4.74 Å². The molecule has 0 aromatic heterocycles. The van der Waals surface area contributed by atoms with Gasteiger partial charge in [0.15, 0.2) is 0 Å². The summed E-state index contributed by atoms with van der Waals surface area (Å²) in [5.74, 6) is -1.17. The molecule has 13 heteroatoms. The van der Waals surface area contributed by atoms with E-state index in [0.717, 1.165) is 48.5 Å². The molecule has 0 bridgehead atoms. The van der Waals surface area contributed by atoms with Crippen LogP contribution < -0.4 is 14.2 Å². The van der Waals surface area contributed by atoms with Crippen LogP contribution >= 0.6 is 0 Å². The molecule has 0 spiro atoms. The fraction of sp³-hybridized carbons (Fsp3) is 0.0526. The van der Waals surface area contributed by atoms with Crippen LogP contribution in [-0.2, 0) is 20.0 Å². The lowest BCUT2D eigenvalue weighted by molar-refractivity contribution is -0.274. The number of nitrogens with one attached hydrogen (secondary N) is 2. The van der Waals surface area contributed by atoms with Crippen molar-refractivity contribution in [3.63, 3.8) is 0 Å². The van der Waals surface area contributed by atoms with Gasteiger partial charge in [0.1, 0.15) is 11.6 Å². The number of benzene rings is 3. The maximum Gasteiger partial charge on any atom is 0.573 e. The average molecular weight is 490 g/mol. The van der Waals surface area contributed by atoms with Gasteiger partial charge in [-0.05, 0) is 72.8 Å². The Kier molecular flexibility index (Phi) is 6.32. The van der Waals surface area contributed by atoms with Gasteiger partial charge in [-0.15, -0.1) is 13.2 Å². The van der Waals surface area contributed by atoms with Crippen LogP contribution in [0.25, 0.3) is 0 Å². The number of hydrogen-bond acceptors (Lipinski definition) is 5. The average Bonchev–Trinajstić information content (AvgIpc) is 2.68. The Morgan fingerprint density at radius 3 is 1.38 bits per heavy atom. The summed E-state index contributed by atoms with van der Waals surface area (Å²) in [4.78, 5) is -0.477. The highest BCUT2D eigenvalue weighted by atomic mass is 32.2. The number of anilines is 2. The van der Waals surface area contributed by atoms with E-state index in [9.17, 15) is 34.4 Å². The maximum absolute atomic E-state index is 13.0. The minimum Gasteiger partial charge on any atom is -0.406 e. The lowest BCUT2D eigenvalue weighted by atomic mass is 10.3. The highest BCUT2D eigenvalue weighted by Crippen LogP contribution is 2.25. The molecule has 0 aliphatic heterocycles. The van der Waals surface area contributed by atoms with Gasteiger partial charge in [0, 0.05) is 11.4 Å². The molecular weight excluding hydrogens is 476 g/mol. The zero-order valence-electron chi connectivity index (χ0n) is 15.8. The van der Waals surface area contributed by atoms with Crippen molar-refractivity contribution in [2.24, 2.45) is 0 Å². The second kappa shape index (κ2) is 8.67. The van der Waals surface area contributed by atoms with Crippen molar-refractivity contribution in [2.75, 3.05) is 9.44 Å². The number of alkyl halides is 3. The molecule has 0 saturated heterocycles. The molecule has 2 N–H and O–H groups in total. The molecule has 0 aliphatic carbocycles. The van der Waals surface area contributed by atoms with Crippen molar-refractivity contribution in [1.82, 2.24) is 0 Å². The highest BCUT2D eigenvalue weighted by Gasteiger charge is 2.31. The zero-order valence-corrected chi connectivity index (χ0v) is 17.4. The van der Waals surface area contributed by atoms with Crippen LogP contribution in [0.2, 0.25) is 0 Å². The normalized spacial score (nSPS) is 12.2. The summed E-state index contributed by atoms with van der Waals surface area (Å²) in [5, 5.41) is 0. The van der Waals surface area contributed by atoms with Gasteiger partial charge in [-0.25, -0.2) is 21.2 Å². The Balaban J connectivity index is 1.70. The van der Waals surface area contributed by atoms with Crippen molar-refractivity contribution < 1.29 is 39.1 Å². The number of hydrogen-bond donors (Lipinski definition) is 2. The van der Waals surface area contributed by atoms with Gasteiger partial charge >= 0.3 is 6.36 Å². The molecule has 0 aliphatic rings. The van der Waals surface area contributed by atoms with Gasteiger partial charge in [0.25, 0.3) is 20.0 Å². The van der Waals surface area contributed by atoms with Crippen LogP contribution in [0.4, 0.5) is 28.9 Å². The monoisotopic (exact) mass is 490 g/mol. The molecule has 7 nitrogen and oxygen atoms in total. The van der Waals surface area contributed by atoms with Crippen LogP contribution in [-0.4, -0.2) is 23.2 Å². The SMILES string of the molecule is O=S(=O)(Nc1ccc(NS(=O)(=O)c2ccc(OC(F)(F)F)cc2)cc1)c1ccc(F)cc1. The lowest BCUT2D eigenvalue weighted by Gasteiger charge is -2.12. The van der Waals surface area contributed by atoms with E-state index in [2.05, 4.69) is 14.2 Å². The van der Waals surface area contributed by atoms with Crippen LogP contribution in [0.1, 0.15) is 0 Å². The van der Waals surface area contributed by atoms with Crippen LogP contribution in [0.5, 0.6) is 5.75 Å². The van der Waals surface area contributed by atoms with E-state index < -0.39 is 38.0 Å². The zero-order chi connectivity index (χ0) is 23.6. The molecule has 3 aromatic carbocycles. The second-order valence-electron chi connectivity index (χ2n) is 6.26. The van der Waals surface area contributed by atoms with Gasteiger partial charge in [0.2, 0.25) is 0 Å². The molecule has 3 rings (SSSR count). The second-order valence-corrected chi connectivity index (χ2v) is 9.63. The van der Waals surface area contributed by atoms with E-state index in [1.165, 1.54) is 24.3 Å². The first-order chi connectivity index (χ1) is 14.8. The van der Waals surface area contributed by atoms with E-state index in [0.29, 0.717) is 0 Å². The fourth-order valence-corrected chi connectivity index (χ4v) is 4.59. The molecule has 0 fully saturated rings. The molecule has 0 amide bonds. The summed E-state index contributed by atoms with van der Waals surface area (Å²) in [7, 11) is -8.12. The Morgan fingerprint density at radius 1 is 0.625 bits per heavy atom. The van der Waals surface area contributed by atoms with Gasteiger partial charge in [-0.3, -0.25) is 9.44 Å². The predicted molar refractivity (Wildman–Crippen MR) is 108 cm³/mol. The molecule has 0 saturated carbocycles. The largest absolute Gasteiger partial charge is 0.573 e. The van der Waals surface area contributed by atoms with E-state index in [-0.39, 0.29) is 21.2 Å². The highest BCUT2D eigenvalue weighted by molar-refractivity contribution is 7.93. The van der Waals surface area contributed by atoms with Crippen LogP contribution in [0, 0.1) is 5.82 Å².